The molecule has 166 valence electrons. The lowest BCUT2D eigenvalue weighted by Crippen LogP contribution is -2.40. The van der Waals surface area contributed by atoms with Gasteiger partial charge in [-0.25, -0.2) is 0 Å². The Hall–Kier alpha value is -1.98. The van der Waals surface area contributed by atoms with Crippen molar-refractivity contribution in [1.82, 2.24) is 0 Å². The van der Waals surface area contributed by atoms with E-state index in [9.17, 15) is 9.59 Å². The number of ether oxygens (including phenoxy) is 1. The Balaban J connectivity index is 1.97. The van der Waals surface area contributed by atoms with Crippen LogP contribution in [0, 0.1) is 11.8 Å². The number of anilines is 1. The molecule has 1 saturated carbocycles. The molecule has 1 aliphatic carbocycles. The van der Waals surface area contributed by atoms with Gasteiger partial charge in [-0.1, -0.05) is 62.9 Å². The molecular weight excluding hydrogens is 430 g/mol. The molecule has 0 aliphatic heterocycles. The first-order valence-corrected chi connectivity index (χ1v) is 11.7. The number of amides is 1. The molecule has 1 fully saturated rings. The highest BCUT2D eigenvalue weighted by molar-refractivity contribution is 7.96. The molecule has 2 aromatic carbocycles. The van der Waals surface area contributed by atoms with Gasteiger partial charge >= 0.3 is 0 Å². The Morgan fingerprint density at radius 1 is 1.06 bits per heavy atom. The van der Waals surface area contributed by atoms with Crippen molar-refractivity contribution >= 4 is 40.9 Å². The molecule has 1 atom stereocenters. The van der Waals surface area contributed by atoms with E-state index in [-0.39, 0.29) is 17.7 Å². The van der Waals surface area contributed by atoms with Crippen molar-refractivity contribution in [3.8, 4) is 5.75 Å². The molecule has 0 radical (unpaired) electrons. The number of halogens is 1. The summed E-state index contributed by atoms with van der Waals surface area (Å²) in [5.74, 6) is 0.962. The summed E-state index contributed by atoms with van der Waals surface area (Å²) in [4.78, 5) is 27.9. The number of hydrogen-bond acceptors (Lipinski definition) is 3. The summed E-state index contributed by atoms with van der Waals surface area (Å²) in [7, 11) is 0. The van der Waals surface area contributed by atoms with Gasteiger partial charge in [0.2, 0.25) is 11.0 Å². The molecule has 3 rings (SSSR count). The van der Waals surface area contributed by atoms with Crippen LogP contribution >= 0.6 is 24.2 Å². The summed E-state index contributed by atoms with van der Waals surface area (Å²) < 4.78 is 6.02. The summed E-state index contributed by atoms with van der Waals surface area (Å²) >= 11 is 10.1. The van der Waals surface area contributed by atoms with E-state index in [1.807, 2.05) is 29.2 Å². The Labute approximate surface area is 195 Å². The molecule has 31 heavy (non-hydrogen) atoms. The zero-order chi connectivity index (χ0) is 22.4. The van der Waals surface area contributed by atoms with Crippen LogP contribution in [0.2, 0.25) is 5.02 Å². The van der Waals surface area contributed by atoms with E-state index < -0.39 is 11.2 Å². The predicted molar refractivity (Wildman–Crippen MR) is 129 cm³/mol. The summed E-state index contributed by atoms with van der Waals surface area (Å²) in [6.07, 6.45) is 4.28. The highest BCUT2D eigenvalue weighted by Crippen LogP contribution is 2.35. The van der Waals surface area contributed by atoms with Crippen molar-refractivity contribution in [1.29, 1.82) is 0 Å². The van der Waals surface area contributed by atoms with Gasteiger partial charge in [0.1, 0.15) is 5.75 Å². The van der Waals surface area contributed by atoms with Gasteiger partial charge in [-0.05, 0) is 49.1 Å². The number of carbonyl (C=O) groups excluding carboxylic acids is 2. The average molecular weight is 460 g/mol. The Morgan fingerprint density at radius 3 is 2.32 bits per heavy atom. The number of carbonyl (C=O) groups is 2. The molecule has 1 aliphatic rings. The van der Waals surface area contributed by atoms with E-state index >= 15 is 0 Å². The monoisotopic (exact) mass is 459 g/mol. The van der Waals surface area contributed by atoms with Crippen LogP contribution in [0.4, 0.5) is 5.69 Å². The highest BCUT2D eigenvalue weighted by atomic mass is 35.5. The fourth-order valence-corrected chi connectivity index (χ4v) is 4.41. The maximum Gasteiger partial charge on any atom is 0.231 e. The first kappa shape index (κ1) is 23.7. The second-order valence-corrected chi connectivity index (χ2v) is 9.40. The molecule has 0 bridgehead atoms. The molecular formula is C25H30ClNO3S. The molecule has 1 amide bonds. The Bertz CT molecular complexity index is 894. The van der Waals surface area contributed by atoms with Gasteiger partial charge in [-0.15, -0.1) is 12.6 Å². The van der Waals surface area contributed by atoms with Crippen LogP contribution in [-0.4, -0.2) is 17.6 Å². The lowest BCUT2D eigenvalue weighted by Gasteiger charge is -2.33. The lowest BCUT2D eigenvalue weighted by atomic mass is 9.87. The number of thiol groups is 1. The van der Waals surface area contributed by atoms with Gasteiger partial charge in [0.15, 0.2) is 6.10 Å². The minimum absolute atomic E-state index is 0.0305. The van der Waals surface area contributed by atoms with E-state index in [2.05, 4.69) is 26.5 Å². The van der Waals surface area contributed by atoms with Crippen molar-refractivity contribution in [3.63, 3.8) is 0 Å². The van der Waals surface area contributed by atoms with Crippen molar-refractivity contribution in [2.45, 2.75) is 52.1 Å². The van der Waals surface area contributed by atoms with Gasteiger partial charge in [0.05, 0.1) is 5.69 Å². The quantitative estimate of drug-likeness (QED) is 0.459. The van der Waals surface area contributed by atoms with Crippen molar-refractivity contribution < 1.29 is 14.3 Å². The lowest BCUT2D eigenvalue weighted by molar-refractivity contribution is -0.123. The van der Waals surface area contributed by atoms with Gasteiger partial charge in [0.25, 0.3) is 0 Å². The minimum atomic E-state index is -0.936. The van der Waals surface area contributed by atoms with Crippen LogP contribution in [0.1, 0.15) is 57.6 Å². The summed E-state index contributed by atoms with van der Waals surface area (Å²) in [6.45, 7) is 4.77. The minimum Gasteiger partial charge on any atom is -0.477 e. The number of para-hydroxylation sites is 1. The number of nitrogens with zero attached hydrogens (tertiary/aromatic N) is 1. The average Bonchev–Trinajstić information content (AvgIpc) is 2.77. The van der Waals surface area contributed by atoms with E-state index in [4.69, 9.17) is 16.3 Å². The molecule has 0 N–H and O–H groups in total. The first-order chi connectivity index (χ1) is 14.9. The molecule has 0 heterocycles. The third kappa shape index (κ3) is 6.27. The van der Waals surface area contributed by atoms with Gasteiger partial charge < -0.3 is 9.64 Å². The maximum atomic E-state index is 13.5. The maximum absolute atomic E-state index is 13.5. The molecule has 6 heteroatoms. The number of benzene rings is 2. The van der Waals surface area contributed by atoms with Gasteiger partial charge in [-0.2, -0.15) is 0 Å². The van der Waals surface area contributed by atoms with Gasteiger partial charge in [0, 0.05) is 23.0 Å². The predicted octanol–water partition coefficient (Wildman–Crippen LogP) is 6.49. The zero-order valence-electron chi connectivity index (χ0n) is 18.1. The fourth-order valence-electron chi connectivity index (χ4n) is 4.09. The van der Waals surface area contributed by atoms with Gasteiger partial charge in [-0.3, -0.25) is 9.59 Å². The standard InChI is InChI=1S/C25H30ClNO3S/c1-17(2)16-27(24(28)18-8-4-3-5-9-18)22-11-7-6-10-21(22)23(25(29)31)30-20-14-12-19(26)13-15-20/h6-7,10-15,17-18,23H,3-5,8-9,16H2,1-2H3,(H,29,31)/t23-/m0/s1. The van der Waals surface area contributed by atoms with E-state index in [1.54, 1.807) is 24.3 Å². The van der Waals surface area contributed by atoms with Crippen LogP contribution in [0.15, 0.2) is 48.5 Å². The van der Waals surface area contributed by atoms with E-state index in [0.29, 0.717) is 28.6 Å². The summed E-state index contributed by atoms with van der Waals surface area (Å²) in [5.41, 5.74) is 1.36. The van der Waals surface area contributed by atoms with E-state index in [0.717, 1.165) is 25.7 Å². The summed E-state index contributed by atoms with van der Waals surface area (Å²) in [6, 6.07) is 14.3. The number of hydrogen-bond donors (Lipinski definition) is 1. The molecule has 0 aromatic heterocycles. The summed E-state index contributed by atoms with van der Waals surface area (Å²) in [5, 5.41) is 0.166. The van der Waals surface area contributed by atoms with Crippen molar-refractivity contribution in [2.24, 2.45) is 11.8 Å². The fraction of sp³-hybridized carbons (Fsp3) is 0.440. The smallest absolute Gasteiger partial charge is 0.231 e. The second-order valence-electron chi connectivity index (χ2n) is 8.53. The van der Waals surface area contributed by atoms with Crippen LogP contribution in [0.3, 0.4) is 0 Å². The normalized spacial score (nSPS) is 15.5. The Kier molecular flexibility index (Phi) is 8.44. The van der Waals surface area contributed by atoms with Crippen LogP contribution in [0.5, 0.6) is 5.75 Å². The third-order valence-corrected chi connectivity index (χ3v) is 6.06. The van der Waals surface area contributed by atoms with Crippen molar-refractivity contribution in [2.75, 3.05) is 11.4 Å². The molecule has 4 nitrogen and oxygen atoms in total. The molecule has 2 aromatic rings. The largest absolute Gasteiger partial charge is 0.477 e. The highest BCUT2D eigenvalue weighted by Gasteiger charge is 2.31. The Morgan fingerprint density at radius 2 is 1.71 bits per heavy atom. The second kappa shape index (κ2) is 11.1. The third-order valence-electron chi connectivity index (χ3n) is 5.57. The van der Waals surface area contributed by atoms with Crippen molar-refractivity contribution in [3.05, 3.63) is 59.1 Å². The molecule has 0 spiro atoms. The zero-order valence-corrected chi connectivity index (χ0v) is 19.7. The first-order valence-electron chi connectivity index (χ1n) is 10.9. The van der Waals surface area contributed by atoms with Crippen LogP contribution in [-0.2, 0) is 9.59 Å². The van der Waals surface area contributed by atoms with E-state index in [1.165, 1.54) is 6.42 Å². The SMILES string of the molecule is CC(C)CN(C(=O)C1CCCCC1)c1ccccc1[C@H](Oc1ccc(Cl)cc1)C(=O)S. The topological polar surface area (TPSA) is 46.6 Å². The molecule has 0 unspecified atom stereocenters. The van der Waals surface area contributed by atoms with Crippen LogP contribution in [0.25, 0.3) is 0 Å². The van der Waals surface area contributed by atoms with Crippen LogP contribution < -0.4 is 9.64 Å². The molecule has 0 saturated heterocycles. The number of rotatable bonds is 8.